The molecule has 1 aliphatic heterocycles. The van der Waals surface area contributed by atoms with Gasteiger partial charge in [-0.2, -0.15) is 0 Å². The quantitative estimate of drug-likeness (QED) is 0.806. The van der Waals surface area contributed by atoms with Crippen LogP contribution in [0.1, 0.15) is 31.4 Å². The summed E-state index contributed by atoms with van der Waals surface area (Å²) in [7, 11) is 2.18. The van der Waals surface area contributed by atoms with Crippen molar-refractivity contribution >= 4 is 34.8 Å². The van der Waals surface area contributed by atoms with Gasteiger partial charge in [-0.05, 0) is 64.0 Å². The molecule has 2 rings (SSSR count). The average Bonchev–Trinajstić information content (AvgIpc) is 2.44. The van der Waals surface area contributed by atoms with E-state index in [-0.39, 0.29) is 6.04 Å². The molecule has 0 spiro atoms. The number of nitrogens with zero attached hydrogens (tertiary/aromatic N) is 1. The third-order valence-corrected chi connectivity index (χ3v) is 5.39. The highest BCUT2D eigenvalue weighted by molar-refractivity contribution is 6.48. The van der Waals surface area contributed by atoms with E-state index in [0.717, 1.165) is 18.0 Å². The second-order valence-corrected chi connectivity index (χ2v) is 6.80. The molecule has 0 saturated carbocycles. The zero-order chi connectivity index (χ0) is 14.7. The van der Waals surface area contributed by atoms with Gasteiger partial charge in [0.2, 0.25) is 0 Å². The first-order valence-electron chi connectivity index (χ1n) is 7.04. The highest BCUT2D eigenvalue weighted by Gasteiger charge is 2.19. The van der Waals surface area contributed by atoms with Gasteiger partial charge in [-0.3, -0.25) is 0 Å². The van der Waals surface area contributed by atoms with E-state index in [1.807, 2.05) is 6.07 Å². The van der Waals surface area contributed by atoms with Gasteiger partial charge >= 0.3 is 0 Å². The largest absolute Gasteiger partial charge is 0.310 e. The fourth-order valence-electron chi connectivity index (χ4n) is 2.59. The van der Waals surface area contributed by atoms with Gasteiger partial charge in [-0.25, -0.2) is 0 Å². The summed E-state index contributed by atoms with van der Waals surface area (Å²) in [6.45, 7) is 5.51. The van der Waals surface area contributed by atoms with Gasteiger partial charge in [0.25, 0.3) is 0 Å². The van der Waals surface area contributed by atoms with E-state index < -0.39 is 0 Å². The number of rotatable bonds is 4. The molecule has 20 heavy (non-hydrogen) atoms. The van der Waals surface area contributed by atoms with E-state index in [9.17, 15) is 0 Å². The van der Waals surface area contributed by atoms with Gasteiger partial charge in [-0.1, -0.05) is 40.9 Å². The minimum Gasteiger partial charge on any atom is -0.310 e. The summed E-state index contributed by atoms with van der Waals surface area (Å²) in [6, 6.07) is 3.93. The van der Waals surface area contributed by atoms with Crippen molar-refractivity contribution in [1.82, 2.24) is 10.2 Å². The van der Waals surface area contributed by atoms with Gasteiger partial charge in [0.05, 0.1) is 15.1 Å². The van der Waals surface area contributed by atoms with Crippen LogP contribution in [0.2, 0.25) is 15.1 Å². The predicted molar refractivity (Wildman–Crippen MR) is 88.1 cm³/mol. The van der Waals surface area contributed by atoms with Crippen LogP contribution < -0.4 is 5.32 Å². The number of benzene rings is 1. The maximum atomic E-state index is 6.27. The lowest BCUT2D eigenvalue weighted by molar-refractivity contribution is 0.213. The van der Waals surface area contributed by atoms with Crippen LogP contribution in [-0.4, -0.2) is 31.6 Å². The Hall–Kier alpha value is 0.01000. The summed E-state index contributed by atoms with van der Waals surface area (Å²) in [5.41, 5.74) is 1.01. The molecule has 1 heterocycles. The summed E-state index contributed by atoms with van der Waals surface area (Å²) in [5, 5.41) is 5.07. The Balaban J connectivity index is 1.92. The van der Waals surface area contributed by atoms with Crippen LogP contribution in [0.25, 0.3) is 0 Å². The zero-order valence-corrected chi connectivity index (χ0v) is 14.2. The van der Waals surface area contributed by atoms with E-state index in [4.69, 9.17) is 34.8 Å². The zero-order valence-electron chi connectivity index (χ0n) is 11.9. The lowest BCUT2D eigenvalue weighted by atomic mass is 9.96. The van der Waals surface area contributed by atoms with Gasteiger partial charge in [0.1, 0.15) is 0 Å². The lowest BCUT2D eigenvalue weighted by Gasteiger charge is -2.30. The molecule has 0 amide bonds. The molecule has 1 aliphatic rings. The molecular weight excluding hydrogens is 315 g/mol. The highest BCUT2D eigenvalue weighted by atomic mass is 35.5. The molecule has 1 aromatic rings. The number of halogens is 3. The number of hydrogen-bond donors (Lipinski definition) is 1. The minimum atomic E-state index is 0.178. The number of hydrogen-bond acceptors (Lipinski definition) is 2. The molecule has 2 nitrogen and oxygen atoms in total. The Kier molecular flexibility index (Phi) is 6.00. The van der Waals surface area contributed by atoms with Gasteiger partial charge in [0.15, 0.2) is 0 Å². The number of nitrogens with one attached hydrogen (secondary N) is 1. The first-order chi connectivity index (χ1) is 9.49. The normalized spacial score (nSPS) is 19.2. The van der Waals surface area contributed by atoms with Crippen molar-refractivity contribution in [1.29, 1.82) is 0 Å². The second kappa shape index (κ2) is 7.33. The number of likely N-dealkylation sites (tertiary alicyclic amines) is 1. The number of piperidine rings is 1. The summed E-state index contributed by atoms with van der Waals surface area (Å²) in [4.78, 5) is 2.38. The van der Waals surface area contributed by atoms with Crippen LogP contribution in [-0.2, 0) is 0 Å². The molecule has 1 atom stereocenters. The van der Waals surface area contributed by atoms with Crippen LogP contribution in [0.4, 0.5) is 0 Å². The first kappa shape index (κ1) is 16.4. The highest BCUT2D eigenvalue weighted by Crippen LogP contribution is 2.35. The Morgan fingerprint density at radius 1 is 1.20 bits per heavy atom. The van der Waals surface area contributed by atoms with E-state index in [2.05, 4.69) is 24.2 Å². The molecule has 1 unspecified atom stereocenters. The van der Waals surface area contributed by atoms with Crippen molar-refractivity contribution in [3.63, 3.8) is 0 Å². The molecular formula is C15H21Cl3N2. The third-order valence-electron chi connectivity index (χ3n) is 4.08. The Labute approximate surface area is 136 Å². The van der Waals surface area contributed by atoms with Crippen molar-refractivity contribution in [2.45, 2.75) is 25.8 Å². The third kappa shape index (κ3) is 4.02. The second-order valence-electron chi connectivity index (χ2n) is 5.64. The molecule has 1 fully saturated rings. The molecule has 0 bridgehead atoms. The molecule has 0 radical (unpaired) electrons. The Morgan fingerprint density at radius 3 is 2.50 bits per heavy atom. The summed E-state index contributed by atoms with van der Waals surface area (Å²) in [6.07, 6.45) is 2.51. The van der Waals surface area contributed by atoms with Gasteiger partial charge < -0.3 is 10.2 Å². The monoisotopic (exact) mass is 334 g/mol. The van der Waals surface area contributed by atoms with Gasteiger partial charge in [-0.15, -0.1) is 0 Å². The maximum absolute atomic E-state index is 6.27. The fourth-order valence-corrected chi connectivity index (χ4v) is 3.30. The van der Waals surface area contributed by atoms with Crippen molar-refractivity contribution in [3.05, 3.63) is 32.8 Å². The summed E-state index contributed by atoms with van der Waals surface area (Å²) in [5.74, 6) is 0.746. The van der Waals surface area contributed by atoms with E-state index in [1.165, 1.54) is 25.9 Å². The first-order valence-corrected chi connectivity index (χ1v) is 8.17. The lowest BCUT2D eigenvalue weighted by Crippen LogP contribution is -2.35. The summed E-state index contributed by atoms with van der Waals surface area (Å²) >= 11 is 18.3. The van der Waals surface area contributed by atoms with Crippen LogP contribution in [0.3, 0.4) is 0 Å². The van der Waals surface area contributed by atoms with E-state index in [1.54, 1.807) is 6.07 Å². The minimum absolute atomic E-state index is 0.178. The average molecular weight is 336 g/mol. The Bertz CT molecular complexity index is 457. The van der Waals surface area contributed by atoms with Gasteiger partial charge in [0, 0.05) is 6.04 Å². The summed E-state index contributed by atoms with van der Waals surface area (Å²) < 4.78 is 0. The van der Waals surface area contributed by atoms with Crippen LogP contribution in [0.5, 0.6) is 0 Å². The van der Waals surface area contributed by atoms with E-state index in [0.29, 0.717) is 15.1 Å². The molecule has 1 aromatic carbocycles. The molecule has 0 aliphatic carbocycles. The molecule has 0 aromatic heterocycles. The predicted octanol–water partition coefficient (Wildman–Crippen LogP) is 4.64. The topological polar surface area (TPSA) is 15.3 Å². The van der Waals surface area contributed by atoms with Crippen LogP contribution in [0.15, 0.2) is 12.1 Å². The Morgan fingerprint density at radius 2 is 1.85 bits per heavy atom. The van der Waals surface area contributed by atoms with E-state index >= 15 is 0 Å². The molecule has 1 N–H and O–H groups in total. The SMILES string of the molecule is CC(NCC1CCN(C)CC1)c1ccc(Cl)c(Cl)c1Cl. The molecule has 1 saturated heterocycles. The van der Waals surface area contributed by atoms with Crippen molar-refractivity contribution in [2.75, 3.05) is 26.7 Å². The maximum Gasteiger partial charge on any atom is 0.0781 e. The fraction of sp³-hybridized carbons (Fsp3) is 0.600. The molecule has 112 valence electrons. The van der Waals surface area contributed by atoms with Crippen molar-refractivity contribution in [3.8, 4) is 0 Å². The van der Waals surface area contributed by atoms with Crippen LogP contribution >= 0.6 is 34.8 Å². The molecule has 5 heteroatoms. The van der Waals surface area contributed by atoms with Crippen molar-refractivity contribution in [2.24, 2.45) is 5.92 Å². The van der Waals surface area contributed by atoms with Crippen LogP contribution in [0, 0.1) is 5.92 Å². The van der Waals surface area contributed by atoms with Crippen molar-refractivity contribution < 1.29 is 0 Å². The standard InChI is InChI=1S/C15H21Cl3N2/c1-10(12-3-4-13(16)15(18)14(12)17)19-9-11-5-7-20(2)8-6-11/h3-4,10-11,19H,5-9H2,1-2H3. The smallest absolute Gasteiger partial charge is 0.0781 e.